The number of halogens is 3. The number of nitrogens with zero attached hydrogens (tertiary/aromatic N) is 3. The van der Waals surface area contributed by atoms with Crippen LogP contribution >= 0.6 is 27.5 Å². The lowest BCUT2D eigenvalue weighted by Crippen LogP contribution is -2.52. The number of hydrogen-bond acceptors (Lipinski definition) is 4. The van der Waals surface area contributed by atoms with E-state index in [1.54, 1.807) is 59.5 Å². The summed E-state index contributed by atoms with van der Waals surface area (Å²) in [5.41, 5.74) is 1.22. The zero-order valence-electron chi connectivity index (χ0n) is 18.8. The molecule has 184 valence electrons. The van der Waals surface area contributed by atoms with Crippen molar-refractivity contribution in [3.8, 4) is 0 Å². The molecule has 1 aliphatic heterocycles. The van der Waals surface area contributed by atoms with Crippen molar-refractivity contribution in [3.05, 3.63) is 93.7 Å². The summed E-state index contributed by atoms with van der Waals surface area (Å²) in [6.45, 7) is 1.39. The van der Waals surface area contributed by atoms with Gasteiger partial charge in [0.15, 0.2) is 0 Å². The third-order valence-electron chi connectivity index (χ3n) is 5.86. The number of sulfonamides is 1. The van der Waals surface area contributed by atoms with Crippen LogP contribution in [0.5, 0.6) is 0 Å². The zero-order valence-corrected chi connectivity index (χ0v) is 21.9. The van der Waals surface area contributed by atoms with Gasteiger partial charge in [0.05, 0.1) is 17.1 Å². The van der Waals surface area contributed by atoms with E-state index in [-0.39, 0.29) is 29.7 Å². The van der Waals surface area contributed by atoms with Gasteiger partial charge in [-0.3, -0.25) is 4.79 Å². The molecule has 1 saturated heterocycles. The maximum Gasteiger partial charge on any atom is 0.243 e. The fourth-order valence-electron chi connectivity index (χ4n) is 3.93. The lowest BCUT2D eigenvalue weighted by atomic mass is 10.2. The summed E-state index contributed by atoms with van der Waals surface area (Å²) in [5, 5.41) is 0.542. The first-order valence-corrected chi connectivity index (χ1v) is 13.6. The standard InChI is InChI=1S/C25H24BrClFN3O3S/c26-20-7-11-22(12-8-20)35(33,34)31(17-19-5-9-21(27)10-6-19)18-25(32)30-15-13-29(14-16-30)24-4-2-1-3-23(24)28/h1-12H,13-18H2. The molecular weight excluding hydrogens is 557 g/mol. The van der Waals surface area contributed by atoms with Crippen LogP contribution in [-0.2, 0) is 21.4 Å². The molecule has 0 aromatic heterocycles. The van der Waals surface area contributed by atoms with Gasteiger partial charge in [-0.05, 0) is 54.1 Å². The maximum atomic E-state index is 14.1. The third-order valence-corrected chi connectivity index (χ3v) is 8.45. The number of amides is 1. The molecule has 3 aromatic carbocycles. The zero-order chi connectivity index (χ0) is 25.0. The van der Waals surface area contributed by atoms with Crippen molar-refractivity contribution in [2.75, 3.05) is 37.6 Å². The van der Waals surface area contributed by atoms with E-state index < -0.39 is 10.0 Å². The number of hydrogen-bond donors (Lipinski definition) is 0. The fraction of sp³-hybridized carbons (Fsp3) is 0.240. The van der Waals surface area contributed by atoms with E-state index in [2.05, 4.69) is 15.9 Å². The van der Waals surface area contributed by atoms with Gasteiger partial charge < -0.3 is 9.80 Å². The molecule has 0 saturated carbocycles. The molecule has 0 N–H and O–H groups in total. The molecule has 4 rings (SSSR count). The lowest BCUT2D eigenvalue weighted by Gasteiger charge is -2.37. The highest BCUT2D eigenvalue weighted by Gasteiger charge is 2.30. The van der Waals surface area contributed by atoms with Gasteiger partial charge in [-0.1, -0.05) is 51.8 Å². The van der Waals surface area contributed by atoms with Gasteiger partial charge in [-0.2, -0.15) is 4.31 Å². The van der Waals surface area contributed by atoms with E-state index in [1.165, 1.54) is 22.5 Å². The van der Waals surface area contributed by atoms with Crippen LogP contribution in [0.15, 0.2) is 82.2 Å². The van der Waals surface area contributed by atoms with Crippen LogP contribution in [-0.4, -0.2) is 56.3 Å². The summed E-state index contributed by atoms with van der Waals surface area (Å²) in [6.07, 6.45) is 0. The SMILES string of the molecule is O=C(CN(Cc1ccc(Cl)cc1)S(=O)(=O)c1ccc(Br)cc1)N1CCN(c2ccccc2F)CC1. The summed E-state index contributed by atoms with van der Waals surface area (Å²) in [5.74, 6) is -0.602. The minimum absolute atomic E-state index is 0.0243. The van der Waals surface area contributed by atoms with Gasteiger partial charge in [-0.15, -0.1) is 0 Å². The van der Waals surface area contributed by atoms with Crippen molar-refractivity contribution in [3.63, 3.8) is 0 Å². The van der Waals surface area contributed by atoms with E-state index in [1.807, 2.05) is 4.90 Å². The summed E-state index contributed by atoms with van der Waals surface area (Å²) in [6, 6.07) is 19.7. The Kier molecular flexibility index (Phi) is 8.11. The van der Waals surface area contributed by atoms with Gasteiger partial charge >= 0.3 is 0 Å². The van der Waals surface area contributed by atoms with Crippen LogP contribution in [0.4, 0.5) is 10.1 Å². The molecule has 0 atom stereocenters. The molecular formula is C25H24BrClFN3O3S. The van der Waals surface area contributed by atoms with Gasteiger partial charge in [-0.25, -0.2) is 12.8 Å². The molecule has 6 nitrogen and oxygen atoms in total. The number of para-hydroxylation sites is 1. The van der Waals surface area contributed by atoms with Crippen LogP contribution < -0.4 is 4.90 Å². The number of piperazine rings is 1. The average Bonchev–Trinajstić information content (AvgIpc) is 2.85. The Morgan fingerprint density at radius 3 is 2.20 bits per heavy atom. The number of carbonyl (C=O) groups excluding carboxylic acids is 1. The normalized spacial score (nSPS) is 14.4. The topological polar surface area (TPSA) is 60.9 Å². The Bertz CT molecular complexity index is 1280. The van der Waals surface area contributed by atoms with Crippen LogP contribution in [0, 0.1) is 5.82 Å². The lowest BCUT2D eigenvalue weighted by molar-refractivity contribution is -0.131. The fourth-order valence-corrected chi connectivity index (χ4v) is 5.70. The van der Waals surface area contributed by atoms with Crippen molar-refractivity contribution >= 4 is 49.1 Å². The molecule has 1 aliphatic rings. The number of rotatable bonds is 7. The highest BCUT2D eigenvalue weighted by Crippen LogP contribution is 2.23. The minimum atomic E-state index is -3.95. The van der Waals surface area contributed by atoms with Crippen molar-refractivity contribution in [1.29, 1.82) is 0 Å². The van der Waals surface area contributed by atoms with E-state index in [9.17, 15) is 17.6 Å². The smallest absolute Gasteiger partial charge is 0.243 e. The van der Waals surface area contributed by atoms with Crippen LogP contribution in [0.25, 0.3) is 0 Å². The van der Waals surface area contributed by atoms with E-state index in [0.29, 0.717) is 42.5 Å². The van der Waals surface area contributed by atoms with E-state index in [0.717, 1.165) is 4.47 Å². The first-order chi connectivity index (χ1) is 16.7. The molecule has 0 spiro atoms. The second kappa shape index (κ2) is 11.1. The van der Waals surface area contributed by atoms with Gasteiger partial charge in [0.25, 0.3) is 0 Å². The molecule has 0 unspecified atom stereocenters. The van der Waals surface area contributed by atoms with Gasteiger partial charge in [0, 0.05) is 42.2 Å². The molecule has 0 bridgehead atoms. The number of carbonyl (C=O) groups is 1. The molecule has 3 aromatic rings. The minimum Gasteiger partial charge on any atom is -0.366 e. The number of benzene rings is 3. The highest BCUT2D eigenvalue weighted by atomic mass is 79.9. The van der Waals surface area contributed by atoms with Gasteiger partial charge in [0.2, 0.25) is 15.9 Å². The Morgan fingerprint density at radius 2 is 1.57 bits per heavy atom. The molecule has 1 fully saturated rings. The second-order valence-electron chi connectivity index (χ2n) is 8.17. The maximum absolute atomic E-state index is 14.1. The van der Waals surface area contributed by atoms with Gasteiger partial charge in [0.1, 0.15) is 5.82 Å². The number of anilines is 1. The molecule has 10 heteroatoms. The molecule has 1 amide bonds. The second-order valence-corrected chi connectivity index (χ2v) is 11.5. The van der Waals surface area contributed by atoms with Crippen molar-refractivity contribution in [2.45, 2.75) is 11.4 Å². The Hall–Kier alpha value is -2.46. The van der Waals surface area contributed by atoms with Crippen LogP contribution in [0.1, 0.15) is 5.56 Å². The van der Waals surface area contributed by atoms with Crippen LogP contribution in [0.2, 0.25) is 5.02 Å². The summed E-state index contributed by atoms with van der Waals surface area (Å²) >= 11 is 9.30. The molecule has 0 radical (unpaired) electrons. The third kappa shape index (κ3) is 6.22. The predicted octanol–water partition coefficient (Wildman–Crippen LogP) is 4.78. The first-order valence-electron chi connectivity index (χ1n) is 11.0. The Balaban J connectivity index is 1.50. The highest BCUT2D eigenvalue weighted by molar-refractivity contribution is 9.10. The van der Waals surface area contributed by atoms with E-state index in [4.69, 9.17) is 11.6 Å². The van der Waals surface area contributed by atoms with Crippen LogP contribution in [0.3, 0.4) is 0 Å². The molecule has 0 aliphatic carbocycles. The average molecular weight is 581 g/mol. The largest absolute Gasteiger partial charge is 0.366 e. The first kappa shape index (κ1) is 25.6. The predicted molar refractivity (Wildman–Crippen MR) is 138 cm³/mol. The Labute approximate surface area is 218 Å². The van der Waals surface area contributed by atoms with E-state index >= 15 is 0 Å². The Morgan fingerprint density at radius 1 is 0.943 bits per heavy atom. The van der Waals surface area contributed by atoms with Crippen molar-refractivity contribution in [1.82, 2.24) is 9.21 Å². The quantitative estimate of drug-likeness (QED) is 0.404. The summed E-state index contributed by atoms with van der Waals surface area (Å²) < 4.78 is 43.0. The molecule has 35 heavy (non-hydrogen) atoms. The van der Waals surface area contributed by atoms with Crippen molar-refractivity contribution < 1.29 is 17.6 Å². The summed E-state index contributed by atoms with van der Waals surface area (Å²) in [7, 11) is -3.95. The summed E-state index contributed by atoms with van der Waals surface area (Å²) in [4.78, 5) is 16.8. The molecule has 1 heterocycles. The van der Waals surface area contributed by atoms with Crippen molar-refractivity contribution in [2.24, 2.45) is 0 Å². The monoisotopic (exact) mass is 579 g/mol.